The Hall–Kier alpha value is -2.34. The Morgan fingerprint density at radius 1 is 0.500 bits per heavy atom. The van der Waals surface area contributed by atoms with Crippen LogP contribution < -0.4 is 0 Å². The average Bonchev–Trinajstić information content (AvgIpc) is 2.54. The molecule has 0 fully saturated rings. The molecular formula is C24H26. The van der Waals surface area contributed by atoms with Crippen LogP contribution in [0.15, 0.2) is 48.5 Å². The van der Waals surface area contributed by atoms with E-state index < -0.39 is 0 Å². The molecule has 0 unspecified atom stereocenters. The molecule has 0 spiro atoms. The van der Waals surface area contributed by atoms with Gasteiger partial charge in [-0.25, -0.2) is 0 Å². The molecule has 3 rings (SSSR count). The summed E-state index contributed by atoms with van der Waals surface area (Å²) in [5, 5.41) is 0. The zero-order valence-corrected chi connectivity index (χ0v) is 15.6. The molecule has 0 aromatic heterocycles. The zero-order chi connectivity index (χ0) is 17.4. The lowest BCUT2D eigenvalue weighted by molar-refractivity contribution is 1.30. The van der Waals surface area contributed by atoms with Gasteiger partial charge < -0.3 is 0 Å². The van der Waals surface area contributed by atoms with Gasteiger partial charge in [-0.2, -0.15) is 0 Å². The van der Waals surface area contributed by atoms with Crippen LogP contribution in [-0.2, 0) is 0 Å². The highest BCUT2D eigenvalue weighted by molar-refractivity contribution is 5.82. The van der Waals surface area contributed by atoms with E-state index in [9.17, 15) is 0 Å². The molecule has 0 heterocycles. The van der Waals surface area contributed by atoms with E-state index in [1.54, 1.807) is 0 Å². The lowest BCUT2D eigenvalue weighted by Gasteiger charge is -2.18. The molecule has 3 aromatic carbocycles. The Labute approximate surface area is 146 Å². The number of hydrogen-bond donors (Lipinski definition) is 0. The van der Waals surface area contributed by atoms with Crippen LogP contribution in [0.3, 0.4) is 0 Å². The van der Waals surface area contributed by atoms with Gasteiger partial charge in [0.15, 0.2) is 0 Å². The van der Waals surface area contributed by atoms with Gasteiger partial charge in [-0.3, -0.25) is 0 Å². The Morgan fingerprint density at radius 3 is 1.88 bits per heavy atom. The molecule has 24 heavy (non-hydrogen) atoms. The van der Waals surface area contributed by atoms with Gasteiger partial charge in [0, 0.05) is 0 Å². The first kappa shape index (κ1) is 16.5. The summed E-state index contributed by atoms with van der Waals surface area (Å²) >= 11 is 0. The van der Waals surface area contributed by atoms with Crippen LogP contribution in [0.5, 0.6) is 0 Å². The van der Waals surface area contributed by atoms with Crippen LogP contribution in [0.2, 0.25) is 0 Å². The lowest BCUT2D eigenvalue weighted by Crippen LogP contribution is -1.95. The molecule has 122 valence electrons. The van der Waals surface area contributed by atoms with Crippen LogP contribution in [0.4, 0.5) is 0 Å². The second kappa shape index (κ2) is 6.28. The fraction of sp³-hybridized carbons (Fsp3) is 0.250. The highest BCUT2D eigenvalue weighted by Gasteiger charge is 2.13. The molecule has 0 saturated heterocycles. The minimum absolute atomic E-state index is 1.32. The van der Waals surface area contributed by atoms with Crippen molar-refractivity contribution < 1.29 is 0 Å². The fourth-order valence-electron chi connectivity index (χ4n) is 3.52. The molecule has 0 heteroatoms. The van der Waals surface area contributed by atoms with Crippen LogP contribution in [-0.4, -0.2) is 0 Å². The van der Waals surface area contributed by atoms with Crippen LogP contribution in [0.25, 0.3) is 22.3 Å². The Bertz CT molecular complexity index is 914. The lowest BCUT2D eigenvalue weighted by atomic mass is 9.87. The molecule has 0 aliphatic rings. The Balaban J connectivity index is 2.25. The predicted octanol–water partition coefficient (Wildman–Crippen LogP) is 6.87. The largest absolute Gasteiger partial charge is 0.0614 e. The summed E-state index contributed by atoms with van der Waals surface area (Å²) in [5.41, 5.74) is 13.5. The first-order chi connectivity index (χ1) is 11.4. The number of hydrogen-bond acceptors (Lipinski definition) is 0. The van der Waals surface area contributed by atoms with Crippen molar-refractivity contribution in [3.63, 3.8) is 0 Å². The number of benzene rings is 3. The normalized spacial score (nSPS) is 10.9. The molecule has 3 aromatic rings. The van der Waals surface area contributed by atoms with Crippen molar-refractivity contribution in [1.29, 1.82) is 0 Å². The summed E-state index contributed by atoms with van der Waals surface area (Å²) in [4.78, 5) is 0. The molecule has 0 nitrogen and oxygen atoms in total. The van der Waals surface area contributed by atoms with Crippen molar-refractivity contribution in [3.8, 4) is 22.3 Å². The van der Waals surface area contributed by atoms with Gasteiger partial charge in [-0.05, 0) is 97.2 Å². The van der Waals surface area contributed by atoms with E-state index in [1.165, 1.54) is 55.6 Å². The van der Waals surface area contributed by atoms with Gasteiger partial charge in [0.05, 0.1) is 0 Å². The summed E-state index contributed by atoms with van der Waals surface area (Å²) in [6.07, 6.45) is 0. The van der Waals surface area contributed by atoms with Crippen molar-refractivity contribution in [2.45, 2.75) is 41.5 Å². The maximum absolute atomic E-state index is 2.32. The van der Waals surface area contributed by atoms with E-state index in [2.05, 4.69) is 90.1 Å². The summed E-state index contributed by atoms with van der Waals surface area (Å²) in [6.45, 7) is 13.2. The summed E-state index contributed by atoms with van der Waals surface area (Å²) in [6, 6.07) is 17.9. The van der Waals surface area contributed by atoms with Gasteiger partial charge in [-0.15, -0.1) is 0 Å². The number of rotatable bonds is 2. The summed E-state index contributed by atoms with van der Waals surface area (Å²) in [5.74, 6) is 0. The van der Waals surface area contributed by atoms with Crippen LogP contribution in [0.1, 0.15) is 33.4 Å². The van der Waals surface area contributed by atoms with Crippen LogP contribution in [0, 0.1) is 41.5 Å². The second-order valence-corrected chi connectivity index (χ2v) is 6.98. The third kappa shape index (κ3) is 2.78. The maximum Gasteiger partial charge on any atom is -0.0119 e. The molecule has 0 N–H and O–H groups in total. The van der Waals surface area contributed by atoms with Gasteiger partial charge in [0.1, 0.15) is 0 Å². The quantitative estimate of drug-likeness (QED) is 0.484. The van der Waals surface area contributed by atoms with E-state index >= 15 is 0 Å². The minimum Gasteiger partial charge on any atom is -0.0614 e. The smallest absolute Gasteiger partial charge is 0.0119 e. The molecule has 0 radical (unpaired) electrons. The van der Waals surface area contributed by atoms with E-state index in [-0.39, 0.29) is 0 Å². The van der Waals surface area contributed by atoms with Crippen molar-refractivity contribution >= 4 is 0 Å². The molecule has 0 saturated carbocycles. The molecular weight excluding hydrogens is 288 g/mol. The maximum atomic E-state index is 2.32. The van der Waals surface area contributed by atoms with Crippen molar-refractivity contribution in [2.75, 3.05) is 0 Å². The topological polar surface area (TPSA) is 0 Å². The second-order valence-electron chi connectivity index (χ2n) is 6.98. The monoisotopic (exact) mass is 314 g/mol. The Morgan fingerprint density at radius 2 is 1.17 bits per heavy atom. The molecule has 0 atom stereocenters. The van der Waals surface area contributed by atoms with E-state index in [1.807, 2.05) is 0 Å². The SMILES string of the molecule is Cc1ccc(-c2c(C)ccc(-c3cccc(C)c3C)c2C)cc1C. The van der Waals surface area contributed by atoms with Gasteiger partial charge in [0.25, 0.3) is 0 Å². The highest BCUT2D eigenvalue weighted by atomic mass is 14.2. The van der Waals surface area contributed by atoms with Gasteiger partial charge in [-0.1, -0.05) is 48.5 Å². The standard InChI is InChI=1S/C24H26/c1-15-10-12-21(14-18(15)4)24-17(3)11-13-23(20(24)6)22-9-7-8-16(2)19(22)5/h7-14H,1-6H3. The van der Waals surface area contributed by atoms with Gasteiger partial charge in [0.2, 0.25) is 0 Å². The molecule has 0 aliphatic carbocycles. The van der Waals surface area contributed by atoms with Crippen molar-refractivity contribution in [2.24, 2.45) is 0 Å². The van der Waals surface area contributed by atoms with Crippen LogP contribution >= 0.6 is 0 Å². The third-order valence-corrected chi connectivity index (χ3v) is 5.36. The van der Waals surface area contributed by atoms with Crippen molar-refractivity contribution in [1.82, 2.24) is 0 Å². The Kier molecular flexibility index (Phi) is 4.32. The fourth-order valence-corrected chi connectivity index (χ4v) is 3.52. The van der Waals surface area contributed by atoms with E-state index in [0.29, 0.717) is 0 Å². The predicted molar refractivity (Wildman–Crippen MR) is 106 cm³/mol. The molecule has 0 aliphatic heterocycles. The molecule has 0 amide bonds. The minimum atomic E-state index is 1.32. The van der Waals surface area contributed by atoms with E-state index in [4.69, 9.17) is 0 Å². The molecule has 0 bridgehead atoms. The van der Waals surface area contributed by atoms with E-state index in [0.717, 1.165) is 0 Å². The first-order valence-electron chi connectivity index (χ1n) is 8.64. The zero-order valence-electron chi connectivity index (χ0n) is 15.6. The van der Waals surface area contributed by atoms with Crippen molar-refractivity contribution in [3.05, 3.63) is 81.9 Å². The highest BCUT2D eigenvalue weighted by Crippen LogP contribution is 2.36. The third-order valence-electron chi connectivity index (χ3n) is 5.36. The van der Waals surface area contributed by atoms with Gasteiger partial charge >= 0.3 is 0 Å². The summed E-state index contributed by atoms with van der Waals surface area (Å²) in [7, 11) is 0. The average molecular weight is 314 g/mol. The number of aryl methyl sites for hydroxylation is 4. The summed E-state index contributed by atoms with van der Waals surface area (Å²) < 4.78 is 0. The first-order valence-corrected chi connectivity index (χ1v) is 8.64.